The van der Waals surface area contributed by atoms with Crippen LogP contribution in [-0.2, 0) is 4.79 Å². The molecule has 120 valence electrons. The number of carbonyl (C=O) groups excluding carboxylic acids is 2. The zero-order valence-electron chi connectivity index (χ0n) is 13.2. The molecule has 0 aliphatic carbocycles. The molecule has 1 saturated heterocycles. The topological polar surface area (TPSA) is 94.1 Å². The second kappa shape index (κ2) is 5.83. The SMILES string of the molecule is Cc1cccc(-n2nnc(C(=O)N3CC[C@@H](C(N)=O)C3)c2C)c1. The highest BCUT2D eigenvalue weighted by atomic mass is 16.2. The van der Waals surface area contributed by atoms with Crippen LogP contribution in [0.4, 0.5) is 0 Å². The minimum Gasteiger partial charge on any atom is -0.369 e. The van der Waals surface area contributed by atoms with Gasteiger partial charge < -0.3 is 10.6 Å². The third-order valence-corrected chi connectivity index (χ3v) is 4.22. The van der Waals surface area contributed by atoms with Gasteiger partial charge >= 0.3 is 0 Å². The number of aromatic nitrogens is 3. The average Bonchev–Trinajstić information content (AvgIpc) is 3.13. The number of hydrogen-bond acceptors (Lipinski definition) is 4. The molecule has 2 heterocycles. The Labute approximate surface area is 134 Å². The molecule has 1 aromatic heterocycles. The Hall–Kier alpha value is -2.70. The Kier molecular flexibility index (Phi) is 3.85. The lowest BCUT2D eigenvalue weighted by molar-refractivity contribution is -0.121. The smallest absolute Gasteiger partial charge is 0.276 e. The molecular weight excluding hydrogens is 294 g/mol. The van der Waals surface area contributed by atoms with E-state index in [1.165, 1.54) is 0 Å². The highest BCUT2D eigenvalue weighted by Crippen LogP contribution is 2.20. The predicted octanol–water partition coefficient (Wildman–Crippen LogP) is 0.832. The van der Waals surface area contributed by atoms with Crippen molar-refractivity contribution < 1.29 is 9.59 Å². The number of rotatable bonds is 3. The summed E-state index contributed by atoms with van der Waals surface area (Å²) < 4.78 is 1.65. The van der Waals surface area contributed by atoms with Crippen molar-refractivity contribution in [2.24, 2.45) is 11.7 Å². The van der Waals surface area contributed by atoms with Gasteiger partial charge in [0.15, 0.2) is 5.69 Å². The van der Waals surface area contributed by atoms with Crippen LogP contribution in [0.15, 0.2) is 24.3 Å². The second-order valence-electron chi connectivity index (χ2n) is 5.91. The third kappa shape index (κ3) is 2.81. The molecule has 2 amide bonds. The van der Waals surface area contributed by atoms with E-state index in [1.54, 1.807) is 9.58 Å². The summed E-state index contributed by atoms with van der Waals surface area (Å²) in [5.74, 6) is -0.836. The van der Waals surface area contributed by atoms with Gasteiger partial charge in [-0.2, -0.15) is 0 Å². The summed E-state index contributed by atoms with van der Waals surface area (Å²) in [6, 6.07) is 7.83. The number of nitrogens with two attached hydrogens (primary N) is 1. The molecule has 0 radical (unpaired) electrons. The molecule has 2 N–H and O–H groups in total. The summed E-state index contributed by atoms with van der Waals surface area (Å²) in [6.45, 7) is 4.68. The first-order chi connectivity index (χ1) is 11.0. The molecule has 2 aromatic rings. The van der Waals surface area contributed by atoms with Gasteiger partial charge in [-0.1, -0.05) is 17.3 Å². The molecule has 0 saturated carbocycles. The van der Waals surface area contributed by atoms with Crippen LogP contribution in [-0.4, -0.2) is 44.8 Å². The Bertz CT molecular complexity index is 768. The first-order valence-electron chi connectivity index (χ1n) is 7.55. The normalized spacial score (nSPS) is 17.5. The highest BCUT2D eigenvalue weighted by Gasteiger charge is 2.32. The Morgan fingerprint density at radius 1 is 1.30 bits per heavy atom. The first kappa shape index (κ1) is 15.2. The summed E-state index contributed by atoms with van der Waals surface area (Å²) in [5.41, 5.74) is 8.29. The van der Waals surface area contributed by atoms with Gasteiger partial charge in [-0.3, -0.25) is 9.59 Å². The summed E-state index contributed by atoms with van der Waals surface area (Å²) >= 11 is 0. The summed E-state index contributed by atoms with van der Waals surface area (Å²) in [7, 11) is 0. The Morgan fingerprint density at radius 2 is 2.09 bits per heavy atom. The van der Waals surface area contributed by atoms with Crippen molar-refractivity contribution in [1.82, 2.24) is 19.9 Å². The summed E-state index contributed by atoms with van der Waals surface area (Å²) in [6.07, 6.45) is 0.603. The van der Waals surface area contributed by atoms with E-state index in [0.29, 0.717) is 30.9 Å². The van der Waals surface area contributed by atoms with Crippen LogP contribution in [0.1, 0.15) is 28.2 Å². The van der Waals surface area contributed by atoms with Crippen molar-refractivity contribution in [2.45, 2.75) is 20.3 Å². The molecule has 0 bridgehead atoms. The number of hydrogen-bond donors (Lipinski definition) is 1. The molecule has 23 heavy (non-hydrogen) atoms. The Balaban J connectivity index is 1.85. The standard InChI is InChI=1S/C16H19N5O2/c1-10-4-3-5-13(8-10)21-11(2)14(18-19-21)16(23)20-7-6-12(9-20)15(17)22/h3-5,8,12H,6-7,9H2,1-2H3,(H2,17,22)/t12-/m1/s1. The third-order valence-electron chi connectivity index (χ3n) is 4.22. The van der Waals surface area contributed by atoms with Crippen LogP contribution in [0, 0.1) is 19.8 Å². The van der Waals surface area contributed by atoms with E-state index in [-0.39, 0.29) is 17.7 Å². The number of likely N-dealkylation sites (tertiary alicyclic amines) is 1. The monoisotopic (exact) mass is 313 g/mol. The van der Waals surface area contributed by atoms with Crippen LogP contribution < -0.4 is 5.73 Å². The highest BCUT2D eigenvalue weighted by molar-refractivity contribution is 5.94. The maximum absolute atomic E-state index is 12.6. The maximum Gasteiger partial charge on any atom is 0.276 e. The molecule has 3 rings (SSSR count). The van der Waals surface area contributed by atoms with Crippen LogP contribution in [0.5, 0.6) is 0 Å². The van der Waals surface area contributed by atoms with Crippen LogP contribution >= 0.6 is 0 Å². The van der Waals surface area contributed by atoms with E-state index in [2.05, 4.69) is 10.3 Å². The van der Waals surface area contributed by atoms with Crippen molar-refractivity contribution in [2.75, 3.05) is 13.1 Å². The van der Waals surface area contributed by atoms with Gasteiger partial charge in [-0.25, -0.2) is 4.68 Å². The summed E-state index contributed by atoms with van der Waals surface area (Å²) in [4.78, 5) is 25.5. The minimum atomic E-state index is -0.361. The van der Waals surface area contributed by atoms with Crippen molar-refractivity contribution in [1.29, 1.82) is 0 Å². The number of primary amides is 1. The lowest BCUT2D eigenvalue weighted by atomic mass is 10.1. The fraction of sp³-hybridized carbons (Fsp3) is 0.375. The van der Waals surface area contributed by atoms with E-state index < -0.39 is 0 Å². The molecular formula is C16H19N5O2. The van der Waals surface area contributed by atoms with Crippen LogP contribution in [0.2, 0.25) is 0 Å². The zero-order chi connectivity index (χ0) is 16.6. The van der Waals surface area contributed by atoms with Gasteiger partial charge in [0.25, 0.3) is 5.91 Å². The zero-order valence-corrected chi connectivity index (χ0v) is 13.2. The van der Waals surface area contributed by atoms with Gasteiger partial charge in [0.2, 0.25) is 5.91 Å². The minimum absolute atomic E-state index is 0.204. The average molecular weight is 313 g/mol. The number of benzene rings is 1. The molecule has 1 aromatic carbocycles. The van der Waals surface area contributed by atoms with E-state index in [0.717, 1.165) is 11.3 Å². The van der Waals surface area contributed by atoms with E-state index in [1.807, 2.05) is 38.1 Å². The van der Waals surface area contributed by atoms with Gasteiger partial charge in [-0.05, 0) is 38.0 Å². The van der Waals surface area contributed by atoms with Crippen molar-refractivity contribution in [3.8, 4) is 5.69 Å². The first-order valence-corrected chi connectivity index (χ1v) is 7.55. The predicted molar refractivity (Wildman–Crippen MR) is 84.0 cm³/mol. The van der Waals surface area contributed by atoms with Gasteiger partial charge in [-0.15, -0.1) is 5.10 Å². The largest absolute Gasteiger partial charge is 0.369 e. The number of carbonyl (C=O) groups is 2. The van der Waals surface area contributed by atoms with Crippen molar-refractivity contribution in [3.05, 3.63) is 41.2 Å². The lowest BCUT2D eigenvalue weighted by Gasteiger charge is -2.14. The fourth-order valence-electron chi connectivity index (χ4n) is 2.86. The molecule has 7 nitrogen and oxygen atoms in total. The molecule has 7 heteroatoms. The molecule has 0 spiro atoms. The maximum atomic E-state index is 12.6. The summed E-state index contributed by atoms with van der Waals surface area (Å²) in [5, 5.41) is 8.14. The molecule has 1 atom stereocenters. The fourth-order valence-corrected chi connectivity index (χ4v) is 2.86. The van der Waals surface area contributed by atoms with Gasteiger partial charge in [0.05, 0.1) is 17.3 Å². The second-order valence-corrected chi connectivity index (χ2v) is 5.91. The van der Waals surface area contributed by atoms with Gasteiger partial charge in [0, 0.05) is 13.1 Å². The van der Waals surface area contributed by atoms with Crippen molar-refractivity contribution in [3.63, 3.8) is 0 Å². The molecule has 1 aliphatic heterocycles. The van der Waals surface area contributed by atoms with Crippen LogP contribution in [0.3, 0.4) is 0 Å². The van der Waals surface area contributed by atoms with E-state index >= 15 is 0 Å². The van der Waals surface area contributed by atoms with Gasteiger partial charge in [0.1, 0.15) is 0 Å². The number of amides is 2. The Morgan fingerprint density at radius 3 is 2.74 bits per heavy atom. The number of nitrogens with zero attached hydrogens (tertiary/aromatic N) is 4. The van der Waals surface area contributed by atoms with Crippen LogP contribution in [0.25, 0.3) is 5.69 Å². The molecule has 0 unspecified atom stereocenters. The molecule has 1 fully saturated rings. The van der Waals surface area contributed by atoms with E-state index in [4.69, 9.17) is 5.73 Å². The lowest BCUT2D eigenvalue weighted by Crippen LogP contribution is -2.32. The quantitative estimate of drug-likeness (QED) is 0.908. The van der Waals surface area contributed by atoms with Crippen molar-refractivity contribution >= 4 is 11.8 Å². The van der Waals surface area contributed by atoms with E-state index in [9.17, 15) is 9.59 Å². The number of aryl methyl sites for hydroxylation is 1. The molecule has 1 aliphatic rings.